The number of benzene rings is 1. The molecule has 0 saturated carbocycles. The number of ketones is 1. The maximum atomic E-state index is 13.2. The van der Waals surface area contributed by atoms with Gasteiger partial charge in [0.05, 0.1) is 22.3 Å². The lowest BCUT2D eigenvalue weighted by Crippen LogP contribution is -2.10. The van der Waals surface area contributed by atoms with Crippen molar-refractivity contribution in [3.63, 3.8) is 0 Å². The number of carbonyl (C=O) groups excluding carboxylic acids is 1. The van der Waals surface area contributed by atoms with Crippen molar-refractivity contribution >= 4 is 21.7 Å². The van der Waals surface area contributed by atoms with Crippen LogP contribution in [-0.4, -0.2) is 15.6 Å². The fourth-order valence-electron chi connectivity index (χ4n) is 1.96. The van der Waals surface area contributed by atoms with E-state index in [1.165, 1.54) is 6.07 Å². The highest BCUT2D eigenvalue weighted by molar-refractivity contribution is 9.10. The minimum atomic E-state index is -1.02. The molecule has 2 rings (SSSR count). The van der Waals surface area contributed by atoms with Gasteiger partial charge in [0.15, 0.2) is 17.4 Å². The summed E-state index contributed by atoms with van der Waals surface area (Å²) in [4.78, 5) is 12.2. The third-order valence-corrected chi connectivity index (χ3v) is 4.05. The van der Waals surface area contributed by atoms with Gasteiger partial charge in [-0.25, -0.2) is 8.78 Å². The van der Waals surface area contributed by atoms with Gasteiger partial charge in [0.2, 0.25) is 0 Å². The van der Waals surface area contributed by atoms with Gasteiger partial charge in [-0.1, -0.05) is 0 Å². The molecule has 0 aliphatic rings. The Balaban J connectivity index is 2.30. The summed E-state index contributed by atoms with van der Waals surface area (Å²) in [5, 5.41) is 4.29. The van der Waals surface area contributed by atoms with Gasteiger partial charge in [-0.15, -0.1) is 0 Å². The first-order valence-electron chi connectivity index (χ1n) is 6.14. The summed E-state index contributed by atoms with van der Waals surface area (Å²) in [6, 6.07) is 3.17. The van der Waals surface area contributed by atoms with Gasteiger partial charge in [0, 0.05) is 12.1 Å². The van der Waals surface area contributed by atoms with Crippen molar-refractivity contribution in [1.29, 1.82) is 0 Å². The lowest BCUT2D eigenvalue weighted by atomic mass is 10.1. The highest BCUT2D eigenvalue weighted by Gasteiger charge is 2.17. The van der Waals surface area contributed by atoms with Crippen LogP contribution >= 0.6 is 15.9 Å². The zero-order valence-electron chi connectivity index (χ0n) is 11.1. The summed E-state index contributed by atoms with van der Waals surface area (Å²) in [6.45, 7) is 4.39. The van der Waals surface area contributed by atoms with Gasteiger partial charge in [-0.05, 0) is 48.0 Å². The quantitative estimate of drug-likeness (QED) is 0.794. The Labute approximate surface area is 123 Å². The lowest BCUT2D eigenvalue weighted by molar-refractivity contribution is 0.0990. The summed E-state index contributed by atoms with van der Waals surface area (Å²) >= 11 is 3.40. The summed E-state index contributed by atoms with van der Waals surface area (Å²) in [5.41, 5.74) is 1.68. The van der Waals surface area contributed by atoms with E-state index >= 15 is 0 Å². The Hall–Kier alpha value is -1.56. The Bertz CT molecular complexity index is 667. The summed E-state index contributed by atoms with van der Waals surface area (Å²) < 4.78 is 28.5. The normalized spacial score (nSPS) is 10.8. The van der Waals surface area contributed by atoms with E-state index in [1.807, 2.05) is 13.8 Å². The van der Waals surface area contributed by atoms with Crippen molar-refractivity contribution in [1.82, 2.24) is 9.78 Å². The van der Waals surface area contributed by atoms with E-state index < -0.39 is 11.6 Å². The minimum Gasteiger partial charge on any atom is -0.294 e. The fraction of sp³-hybridized carbons (Fsp3) is 0.286. The van der Waals surface area contributed by atoms with Crippen LogP contribution in [0.3, 0.4) is 0 Å². The number of carbonyl (C=O) groups is 1. The number of hydrogen-bond acceptors (Lipinski definition) is 2. The molecule has 1 aromatic heterocycles. The maximum absolute atomic E-state index is 13.2. The molecule has 0 fully saturated rings. The molecule has 6 heteroatoms. The monoisotopic (exact) mass is 342 g/mol. The molecule has 0 atom stereocenters. The molecule has 0 radical (unpaired) electrons. The topological polar surface area (TPSA) is 34.9 Å². The zero-order valence-corrected chi connectivity index (χ0v) is 12.7. The van der Waals surface area contributed by atoms with Gasteiger partial charge in [-0.3, -0.25) is 9.48 Å². The van der Waals surface area contributed by atoms with Crippen molar-refractivity contribution in [3.05, 3.63) is 51.3 Å². The number of hydrogen-bond donors (Lipinski definition) is 0. The molecule has 0 spiro atoms. The van der Waals surface area contributed by atoms with Crippen molar-refractivity contribution < 1.29 is 13.6 Å². The van der Waals surface area contributed by atoms with Crippen LogP contribution in [-0.2, 0) is 13.0 Å². The predicted molar refractivity (Wildman–Crippen MR) is 74.7 cm³/mol. The van der Waals surface area contributed by atoms with Crippen LogP contribution < -0.4 is 0 Å². The number of rotatable bonds is 4. The third kappa shape index (κ3) is 2.80. The second-order valence-electron chi connectivity index (χ2n) is 4.39. The molecular formula is C14H13BrF2N2O. The fourth-order valence-corrected chi connectivity index (χ4v) is 2.39. The number of aryl methyl sites for hydroxylation is 2. The first-order valence-corrected chi connectivity index (χ1v) is 6.93. The SMILES string of the molecule is CCn1nc(C)c(Br)c1CC(=O)c1ccc(F)c(F)c1. The molecule has 0 bridgehead atoms. The molecule has 0 N–H and O–H groups in total. The second kappa shape index (κ2) is 5.83. The molecule has 1 heterocycles. The molecule has 0 saturated heterocycles. The van der Waals surface area contributed by atoms with E-state index in [4.69, 9.17) is 0 Å². The lowest BCUT2D eigenvalue weighted by Gasteiger charge is -2.05. The van der Waals surface area contributed by atoms with Gasteiger partial charge in [-0.2, -0.15) is 5.10 Å². The van der Waals surface area contributed by atoms with Gasteiger partial charge >= 0.3 is 0 Å². The molecule has 0 aliphatic carbocycles. The summed E-state index contributed by atoms with van der Waals surface area (Å²) in [7, 11) is 0. The largest absolute Gasteiger partial charge is 0.294 e. The first kappa shape index (κ1) is 14.8. The minimum absolute atomic E-state index is 0.0837. The van der Waals surface area contributed by atoms with Crippen molar-refractivity contribution in [2.75, 3.05) is 0 Å². The molecule has 2 aromatic rings. The van der Waals surface area contributed by atoms with Crippen LogP contribution in [0.15, 0.2) is 22.7 Å². The van der Waals surface area contributed by atoms with E-state index in [-0.39, 0.29) is 17.8 Å². The standard InChI is InChI=1S/C14H13BrF2N2O/c1-3-19-12(14(15)8(2)18-19)7-13(20)9-4-5-10(16)11(17)6-9/h4-6H,3,7H2,1-2H3. The van der Waals surface area contributed by atoms with Crippen LogP contribution in [0.2, 0.25) is 0 Å². The molecular weight excluding hydrogens is 330 g/mol. The van der Waals surface area contributed by atoms with Crippen LogP contribution in [0.1, 0.15) is 28.7 Å². The Morgan fingerprint density at radius 3 is 2.65 bits per heavy atom. The molecule has 20 heavy (non-hydrogen) atoms. The van der Waals surface area contributed by atoms with Crippen LogP contribution in [0.4, 0.5) is 8.78 Å². The highest BCUT2D eigenvalue weighted by atomic mass is 79.9. The highest BCUT2D eigenvalue weighted by Crippen LogP contribution is 2.23. The maximum Gasteiger partial charge on any atom is 0.168 e. The summed E-state index contributed by atoms with van der Waals surface area (Å²) in [6.07, 6.45) is 0.0837. The van der Waals surface area contributed by atoms with Crippen LogP contribution in [0.5, 0.6) is 0 Å². The van der Waals surface area contributed by atoms with Crippen molar-refractivity contribution in [2.24, 2.45) is 0 Å². The Kier molecular flexibility index (Phi) is 4.32. The van der Waals surface area contributed by atoms with Crippen molar-refractivity contribution in [3.8, 4) is 0 Å². The molecule has 106 valence electrons. The predicted octanol–water partition coefficient (Wildman–Crippen LogP) is 3.68. The third-order valence-electron chi connectivity index (χ3n) is 3.02. The average molecular weight is 343 g/mol. The number of halogens is 3. The van der Waals surface area contributed by atoms with Gasteiger partial charge in [0.25, 0.3) is 0 Å². The number of Topliss-reactive ketones (excluding diaryl/α,β-unsaturated/α-hetero) is 1. The second-order valence-corrected chi connectivity index (χ2v) is 5.18. The van der Waals surface area contributed by atoms with Gasteiger partial charge < -0.3 is 0 Å². The van der Waals surface area contributed by atoms with Crippen LogP contribution in [0, 0.1) is 18.6 Å². The summed E-state index contributed by atoms with van der Waals surface area (Å²) in [5.74, 6) is -2.26. The van der Waals surface area contributed by atoms with E-state index in [0.717, 1.165) is 28.0 Å². The first-order chi connectivity index (χ1) is 9.43. The van der Waals surface area contributed by atoms with Gasteiger partial charge in [0.1, 0.15) is 0 Å². The number of nitrogens with zero attached hydrogens (tertiary/aromatic N) is 2. The Morgan fingerprint density at radius 1 is 1.35 bits per heavy atom. The molecule has 1 aromatic carbocycles. The van der Waals surface area contributed by atoms with E-state index in [0.29, 0.717) is 6.54 Å². The molecule has 0 amide bonds. The van der Waals surface area contributed by atoms with E-state index in [2.05, 4.69) is 21.0 Å². The average Bonchev–Trinajstić information content (AvgIpc) is 2.69. The van der Waals surface area contributed by atoms with E-state index in [9.17, 15) is 13.6 Å². The van der Waals surface area contributed by atoms with Crippen LogP contribution in [0.25, 0.3) is 0 Å². The molecule has 0 unspecified atom stereocenters. The smallest absolute Gasteiger partial charge is 0.168 e. The Morgan fingerprint density at radius 2 is 2.05 bits per heavy atom. The van der Waals surface area contributed by atoms with E-state index in [1.54, 1.807) is 4.68 Å². The number of aromatic nitrogens is 2. The van der Waals surface area contributed by atoms with Crippen molar-refractivity contribution in [2.45, 2.75) is 26.8 Å². The molecule has 0 aliphatic heterocycles. The molecule has 3 nitrogen and oxygen atoms in total. The zero-order chi connectivity index (χ0) is 14.9.